The van der Waals surface area contributed by atoms with Crippen molar-refractivity contribution in [2.75, 3.05) is 24.8 Å². The largest absolute Gasteiger partial charge is 0.497 e. The molecule has 144 valence electrons. The Morgan fingerprint density at radius 2 is 1.93 bits per heavy atom. The molecule has 7 heteroatoms. The van der Waals surface area contributed by atoms with E-state index in [2.05, 4.69) is 15.3 Å². The Morgan fingerprint density at radius 3 is 2.59 bits per heavy atom. The Morgan fingerprint density at radius 1 is 1.19 bits per heavy atom. The van der Waals surface area contributed by atoms with Crippen molar-refractivity contribution in [2.24, 2.45) is 5.92 Å². The van der Waals surface area contributed by atoms with Gasteiger partial charge in [0.1, 0.15) is 17.1 Å². The van der Waals surface area contributed by atoms with E-state index in [0.717, 1.165) is 24.2 Å². The fourth-order valence-corrected chi connectivity index (χ4v) is 3.30. The van der Waals surface area contributed by atoms with Crippen molar-refractivity contribution in [1.29, 1.82) is 0 Å². The number of hydrogen-bond donors (Lipinski definition) is 2. The van der Waals surface area contributed by atoms with Crippen molar-refractivity contribution in [3.8, 4) is 11.6 Å². The van der Waals surface area contributed by atoms with E-state index >= 15 is 0 Å². The van der Waals surface area contributed by atoms with Crippen molar-refractivity contribution in [1.82, 2.24) is 9.97 Å². The Balaban J connectivity index is 1.69. The summed E-state index contributed by atoms with van der Waals surface area (Å²) >= 11 is 0. The van der Waals surface area contributed by atoms with Gasteiger partial charge in [0.25, 0.3) is 0 Å². The Kier molecular flexibility index (Phi) is 6.46. The summed E-state index contributed by atoms with van der Waals surface area (Å²) < 4.78 is 11.0. The summed E-state index contributed by atoms with van der Waals surface area (Å²) in [5.41, 5.74) is 7.15. The quantitative estimate of drug-likeness (QED) is 0.687. The molecule has 7 nitrogen and oxygen atoms in total. The number of benzene rings is 1. The molecule has 3 rings (SSSR count). The molecular formula is C20H26N4O3. The number of aldehydes is 1. The molecule has 1 aromatic carbocycles. The molecule has 27 heavy (non-hydrogen) atoms. The molecule has 0 saturated heterocycles. The summed E-state index contributed by atoms with van der Waals surface area (Å²) in [6.45, 7) is 1.04. The van der Waals surface area contributed by atoms with E-state index in [1.807, 2.05) is 24.3 Å². The molecule has 0 atom stereocenters. The molecule has 0 amide bonds. The van der Waals surface area contributed by atoms with Crippen LogP contribution in [0.2, 0.25) is 0 Å². The Labute approximate surface area is 159 Å². The summed E-state index contributed by atoms with van der Waals surface area (Å²) in [5.74, 6) is 2.01. The number of carbonyl (C=O) groups excluding carboxylic acids is 1. The Bertz CT molecular complexity index is 759. The number of methoxy groups -OCH3 is 1. The predicted octanol–water partition coefficient (Wildman–Crippen LogP) is 3.45. The maximum atomic E-state index is 11.6. The molecular weight excluding hydrogens is 344 g/mol. The first kappa shape index (κ1) is 18.9. The van der Waals surface area contributed by atoms with Gasteiger partial charge in [-0.1, -0.05) is 31.4 Å². The fraction of sp³-hybridized carbons (Fsp3) is 0.450. The summed E-state index contributed by atoms with van der Waals surface area (Å²) in [7, 11) is 1.63. The van der Waals surface area contributed by atoms with Crippen LogP contribution in [-0.2, 0) is 6.54 Å². The third-order valence-corrected chi connectivity index (χ3v) is 4.85. The summed E-state index contributed by atoms with van der Waals surface area (Å²) in [5, 5.41) is 3.15. The molecule has 0 unspecified atom stereocenters. The van der Waals surface area contributed by atoms with E-state index in [1.54, 1.807) is 7.11 Å². The summed E-state index contributed by atoms with van der Waals surface area (Å²) in [6, 6.07) is 7.64. The monoisotopic (exact) mass is 370 g/mol. The number of carbonyl (C=O) groups is 1. The minimum Gasteiger partial charge on any atom is -0.497 e. The summed E-state index contributed by atoms with van der Waals surface area (Å²) in [4.78, 5) is 19.9. The van der Waals surface area contributed by atoms with Crippen LogP contribution in [0.15, 0.2) is 24.3 Å². The molecule has 0 spiro atoms. The standard InChI is InChI=1S/C20H26N4O3/c1-26-16-9-7-14(8-10-16)11-22-18-17(12-25)19(24-20(21)23-18)27-13-15-5-3-2-4-6-15/h7-10,12,15H,2-6,11,13H2,1H3,(H3,21,22,23,24). The van der Waals surface area contributed by atoms with E-state index in [1.165, 1.54) is 19.3 Å². The van der Waals surface area contributed by atoms with Crippen LogP contribution in [0.25, 0.3) is 0 Å². The molecule has 2 aromatic rings. The zero-order valence-electron chi connectivity index (χ0n) is 15.6. The SMILES string of the molecule is COc1ccc(CNc2nc(N)nc(OCC3CCCCC3)c2C=O)cc1. The highest BCUT2D eigenvalue weighted by Gasteiger charge is 2.18. The van der Waals surface area contributed by atoms with Gasteiger partial charge in [-0.05, 0) is 36.5 Å². The predicted molar refractivity (Wildman–Crippen MR) is 104 cm³/mol. The minimum atomic E-state index is 0.0801. The first-order valence-electron chi connectivity index (χ1n) is 9.32. The average Bonchev–Trinajstić information content (AvgIpc) is 2.71. The van der Waals surface area contributed by atoms with Gasteiger partial charge in [-0.3, -0.25) is 4.79 Å². The molecule has 0 radical (unpaired) electrons. The number of rotatable bonds is 8. The second-order valence-corrected chi connectivity index (χ2v) is 6.78. The van der Waals surface area contributed by atoms with E-state index < -0.39 is 0 Å². The molecule has 1 fully saturated rings. The van der Waals surface area contributed by atoms with Crippen LogP contribution < -0.4 is 20.5 Å². The van der Waals surface area contributed by atoms with Gasteiger partial charge in [0.05, 0.1) is 13.7 Å². The summed E-state index contributed by atoms with van der Waals surface area (Å²) in [6.07, 6.45) is 6.77. The minimum absolute atomic E-state index is 0.0801. The van der Waals surface area contributed by atoms with Crippen LogP contribution in [0.5, 0.6) is 11.6 Å². The number of nitrogens with zero attached hydrogens (tertiary/aromatic N) is 2. The highest BCUT2D eigenvalue weighted by atomic mass is 16.5. The van der Waals surface area contributed by atoms with Crippen LogP contribution in [0.4, 0.5) is 11.8 Å². The first-order chi connectivity index (χ1) is 13.2. The molecule has 0 bridgehead atoms. The molecule has 1 aliphatic carbocycles. The highest BCUT2D eigenvalue weighted by Crippen LogP contribution is 2.27. The number of ether oxygens (including phenoxy) is 2. The average molecular weight is 370 g/mol. The fourth-order valence-electron chi connectivity index (χ4n) is 3.30. The zero-order valence-corrected chi connectivity index (χ0v) is 15.6. The second kappa shape index (κ2) is 9.21. The molecule has 0 aliphatic heterocycles. The van der Waals surface area contributed by atoms with Crippen molar-refractivity contribution < 1.29 is 14.3 Å². The van der Waals surface area contributed by atoms with Gasteiger partial charge in [-0.25, -0.2) is 0 Å². The van der Waals surface area contributed by atoms with Crippen LogP contribution in [0.3, 0.4) is 0 Å². The van der Waals surface area contributed by atoms with Crippen LogP contribution >= 0.6 is 0 Å². The van der Waals surface area contributed by atoms with Crippen molar-refractivity contribution >= 4 is 18.1 Å². The van der Waals surface area contributed by atoms with E-state index in [0.29, 0.717) is 36.7 Å². The van der Waals surface area contributed by atoms with Crippen molar-refractivity contribution in [2.45, 2.75) is 38.6 Å². The van der Waals surface area contributed by atoms with Gasteiger partial charge in [0.2, 0.25) is 11.8 Å². The molecule has 1 heterocycles. The molecule has 1 aromatic heterocycles. The zero-order chi connectivity index (χ0) is 19.1. The van der Waals surface area contributed by atoms with Gasteiger partial charge >= 0.3 is 0 Å². The van der Waals surface area contributed by atoms with Gasteiger partial charge in [-0.15, -0.1) is 0 Å². The molecule has 1 aliphatic rings. The lowest BCUT2D eigenvalue weighted by atomic mass is 9.90. The van der Waals surface area contributed by atoms with Crippen LogP contribution in [-0.4, -0.2) is 30.0 Å². The number of anilines is 2. The lowest BCUT2D eigenvalue weighted by molar-refractivity contribution is 0.111. The smallest absolute Gasteiger partial charge is 0.231 e. The van der Waals surface area contributed by atoms with Crippen molar-refractivity contribution in [3.05, 3.63) is 35.4 Å². The van der Waals surface area contributed by atoms with Gasteiger partial charge in [0, 0.05) is 6.54 Å². The third kappa shape index (κ3) is 5.09. The van der Waals surface area contributed by atoms with E-state index in [9.17, 15) is 4.79 Å². The molecule has 1 saturated carbocycles. The van der Waals surface area contributed by atoms with Gasteiger partial charge < -0.3 is 20.5 Å². The third-order valence-electron chi connectivity index (χ3n) is 4.85. The maximum absolute atomic E-state index is 11.6. The number of aromatic nitrogens is 2. The van der Waals surface area contributed by atoms with Gasteiger partial charge in [-0.2, -0.15) is 9.97 Å². The second-order valence-electron chi connectivity index (χ2n) is 6.78. The lowest BCUT2D eigenvalue weighted by Crippen LogP contribution is -2.17. The van der Waals surface area contributed by atoms with Gasteiger partial charge in [0.15, 0.2) is 6.29 Å². The number of nitrogens with one attached hydrogen (secondary N) is 1. The first-order valence-corrected chi connectivity index (χ1v) is 9.32. The number of nitrogen functional groups attached to an aromatic ring is 1. The van der Waals surface area contributed by atoms with Crippen molar-refractivity contribution in [3.63, 3.8) is 0 Å². The lowest BCUT2D eigenvalue weighted by Gasteiger charge is -2.22. The van der Waals surface area contributed by atoms with Crippen LogP contribution in [0.1, 0.15) is 48.0 Å². The van der Waals surface area contributed by atoms with E-state index in [4.69, 9.17) is 15.2 Å². The maximum Gasteiger partial charge on any atom is 0.231 e. The Hall–Kier alpha value is -2.83. The topological polar surface area (TPSA) is 99.4 Å². The normalized spacial score (nSPS) is 14.6. The van der Waals surface area contributed by atoms with E-state index in [-0.39, 0.29) is 11.8 Å². The number of nitrogens with two attached hydrogens (primary N) is 1. The van der Waals surface area contributed by atoms with Crippen LogP contribution in [0, 0.1) is 5.92 Å². The molecule has 3 N–H and O–H groups in total. The highest BCUT2D eigenvalue weighted by molar-refractivity contribution is 5.86. The number of hydrogen-bond acceptors (Lipinski definition) is 7.